The smallest absolute Gasteiger partial charge is 0.243 e. The van der Waals surface area contributed by atoms with E-state index in [4.69, 9.17) is 4.74 Å². The molecule has 0 aliphatic rings. The second-order valence-electron chi connectivity index (χ2n) is 4.01. The van der Waals surface area contributed by atoms with Crippen LogP contribution in [0.2, 0.25) is 0 Å². The molecule has 0 fully saturated rings. The van der Waals surface area contributed by atoms with E-state index in [9.17, 15) is 8.42 Å². The van der Waals surface area contributed by atoms with E-state index in [1.807, 2.05) is 6.92 Å². The van der Waals surface area contributed by atoms with Gasteiger partial charge in [-0.1, -0.05) is 6.92 Å². The molecule has 0 unspecified atom stereocenters. The minimum absolute atomic E-state index is 0.377. The fourth-order valence-electron chi connectivity index (χ4n) is 1.76. The van der Waals surface area contributed by atoms with Gasteiger partial charge in [-0.15, -0.1) is 0 Å². The van der Waals surface area contributed by atoms with Crippen LogP contribution in [0.25, 0.3) is 0 Å². The number of hydrogen-bond donors (Lipinski definition) is 0. The molecular formula is C12H19NO3S. The van der Waals surface area contributed by atoms with Crippen molar-refractivity contribution < 1.29 is 13.2 Å². The Labute approximate surface area is 103 Å². The molecule has 1 aromatic rings. The lowest BCUT2D eigenvalue weighted by Gasteiger charge is -2.19. The number of ether oxygens (including phenoxy) is 1. The summed E-state index contributed by atoms with van der Waals surface area (Å²) in [6.45, 7) is 5.83. The summed E-state index contributed by atoms with van der Waals surface area (Å²) in [5.74, 6) is 0.679. The van der Waals surface area contributed by atoms with Gasteiger partial charge in [0.05, 0.1) is 12.0 Å². The molecule has 0 aliphatic carbocycles. The first kappa shape index (κ1) is 14.0. The van der Waals surface area contributed by atoms with Crippen molar-refractivity contribution in [3.8, 4) is 5.75 Å². The maximum absolute atomic E-state index is 12.3. The van der Waals surface area contributed by atoms with Gasteiger partial charge in [-0.3, -0.25) is 0 Å². The van der Waals surface area contributed by atoms with Crippen molar-refractivity contribution >= 4 is 10.0 Å². The van der Waals surface area contributed by atoms with Crippen molar-refractivity contribution in [2.45, 2.75) is 25.7 Å². The van der Waals surface area contributed by atoms with Gasteiger partial charge in [-0.2, -0.15) is 0 Å². The lowest BCUT2D eigenvalue weighted by atomic mass is 10.1. The van der Waals surface area contributed by atoms with Gasteiger partial charge >= 0.3 is 0 Å². The third-order valence-corrected chi connectivity index (χ3v) is 5.02. The molecule has 5 heteroatoms. The maximum atomic E-state index is 12.3. The Hall–Kier alpha value is -1.07. The highest BCUT2D eigenvalue weighted by molar-refractivity contribution is 7.89. The van der Waals surface area contributed by atoms with E-state index in [1.165, 1.54) is 4.31 Å². The van der Waals surface area contributed by atoms with E-state index < -0.39 is 10.0 Å². The summed E-state index contributed by atoms with van der Waals surface area (Å²) < 4.78 is 31.0. The Morgan fingerprint density at radius 2 is 1.71 bits per heavy atom. The molecule has 0 radical (unpaired) electrons. The predicted octanol–water partition coefficient (Wildman–Crippen LogP) is 1.95. The van der Waals surface area contributed by atoms with Crippen LogP contribution >= 0.6 is 0 Å². The Kier molecular flexibility index (Phi) is 4.16. The third kappa shape index (κ3) is 2.61. The summed E-state index contributed by atoms with van der Waals surface area (Å²) in [7, 11) is -0.246. The zero-order valence-corrected chi connectivity index (χ0v) is 11.8. The van der Waals surface area contributed by atoms with E-state index >= 15 is 0 Å². The highest BCUT2D eigenvalue weighted by atomic mass is 32.2. The average Bonchev–Trinajstić information content (AvgIpc) is 2.26. The first-order valence-electron chi connectivity index (χ1n) is 5.46. The van der Waals surface area contributed by atoms with Crippen LogP contribution in [0.1, 0.15) is 18.1 Å². The largest absolute Gasteiger partial charge is 0.497 e. The fraction of sp³-hybridized carbons (Fsp3) is 0.500. The molecular weight excluding hydrogens is 238 g/mol. The minimum atomic E-state index is -3.40. The minimum Gasteiger partial charge on any atom is -0.497 e. The number of aryl methyl sites for hydroxylation is 2. The van der Waals surface area contributed by atoms with Gasteiger partial charge in [0.25, 0.3) is 0 Å². The summed E-state index contributed by atoms with van der Waals surface area (Å²) in [5.41, 5.74) is 1.42. The quantitative estimate of drug-likeness (QED) is 0.828. The summed E-state index contributed by atoms with van der Waals surface area (Å²) in [4.78, 5) is 0.377. The third-order valence-electron chi connectivity index (χ3n) is 2.78. The van der Waals surface area contributed by atoms with Crippen molar-refractivity contribution in [1.29, 1.82) is 0 Å². The van der Waals surface area contributed by atoms with Crippen LogP contribution < -0.4 is 4.74 Å². The van der Waals surface area contributed by atoms with Gasteiger partial charge in [0.15, 0.2) is 0 Å². The van der Waals surface area contributed by atoms with Gasteiger partial charge in [0.1, 0.15) is 5.75 Å². The number of benzene rings is 1. The monoisotopic (exact) mass is 257 g/mol. The summed E-state index contributed by atoms with van der Waals surface area (Å²) >= 11 is 0. The second-order valence-corrected chi connectivity index (χ2v) is 5.99. The van der Waals surface area contributed by atoms with Gasteiger partial charge in [0.2, 0.25) is 10.0 Å². The molecule has 0 saturated carbocycles. The summed E-state index contributed by atoms with van der Waals surface area (Å²) in [6, 6.07) is 3.48. The number of sulfonamides is 1. The molecule has 0 heterocycles. The molecule has 4 nitrogen and oxygen atoms in total. The first-order chi connectivity index (χ1) is 7.84. The number of methoxy groups -OCH3 is 1. The summed E-state index contributed by atoms with van der Waals surface area (Å²) in [5, 5.41) is 0. The standard InChI is InChI=1S/C12H19NO3S/c1-6-13(4)17(14,15)12-9(2)7-11(16-5)8-10(12)3/h7-8H,6H2,1-5H3. The molecule has 0 aliphatic heterocycles. The van der Waals surface area contributed by atoms with Crippen LogP contribution in [-0.2, 0) is 10.0 Å². The normalized spacial score (nSPS) is 11.9. The van der Waals surface area contributed by atoms with Crippen molar-refractivity contribution in [2.75, 3.05) is 20.7 Å². The highest BCUT2D eigenvalue weighted by Gasteiger charge is 2.24. The van der Waals surface area contributed by atoms with E-state index in [2.05, 4.69) is 0 Å². The van der Waals surface area contributed by atoms with Crippen LogP contribution in [0.15, 0.2) is 17.0 Å². The number of hydrogen-bond acceptors (Lipinski definition) is 3. The van der Waals surface area contributed by atoms with Crippen molar-refractivity contribution in [3.05, 3.63) is 23.3 Å². The molecule has 0 saturated heterocycles. The lowest BCUT2D eigenvalue weighted by molar-refractivity contribution is 0.413. The second kappa shape index (κ2) is 5.06. The predicted molar refractivity (Wildman–Crippen MR) is 68.0 cm³/mol. The van der Waals surface area contributed by atoms with Gasteiger partial charge in [0, 0.05) is 13.6 Å². The zero-order valence-electron chi connectivity index (χ0n) is 10.9. The maximum Gasteiger partial charge on any atom is 0.243 e. The number of rotatable bonds is 4. The van der Waals surface area contributed by atoms with Crippen molar-refractivity contribution in [1.82, 2.24) is 4.31 Å². The van der Waals surface area contributed by atoms with E-state index in [0.29, 0.717) is 28.3 Å². The Morgan fingerprint density at radius 1 is 1.24 bits per heavy atom. The lowest BCUT2D eigenvalue weighted by Crippen LogP contribution is -2.27. The average molecular weight is 257 g/mol. The van der Waals surface area contributed by atoms with Crippen LogP contribution in [0.3, 0.4) is 0 Å². The Morgan fingerprint density at radius 3 is 2.06 bits per heavy atom. The molecule has 0 bridgehead atoms. The first-order valence-corrected chi connectivity index (χ1v) is 6.90. The van der Waals surface area contributed by atoms with Crippen LogP contribution in [-0.4, -0.2) is 33.4 Å². The highest BCUT2D eigenvalue weighted by Crippen LogP contribution is 2.27. The molecule has 0 spiro atoms. The van der Waals surface area contributed by atoms with E-state index in [-0.39, 0.29) is 0 Å². The Bertz CT molecular complexity index is 485. The molecule has 0 atom stereocenters. The van der Waals surface area contributed by atoms with Crippen LogP contribution in [0.4, 0.5) is 0 Å². The van der Waals surface area contributed by atoms with E-state index in [0.717, 1.165) is 0 Å². The fourth-order valence-corrected chi connectivity index (χ4v) is 3.34. The molecule has 1 rings (SSSR count). The molecule has 17 heavy (non-hydrogen) atoms. The van der Waals surface area contributed by atoms with Crippen molar-refractivity contribution in [3.63, 3.8) is 0 Å². The SMILES string of the molecule is CCN(C)S(=O)(=O)c1c(C)cc(OC)cc1C. The summed E-state index contributed by atoms with van der Waals surface area (Å²) in [6.07, 6.45) is 0. The molecule has 0 amide bonds. The van der Waals surface area contributed by atoms with Gasteiger partial charge in [-0.25, -0.2) is 12.7 Å². The zero-order chi connectivity index (χ0) is 13.2. The molecule has 1 aromatic carbocycles. The van der Waals surface area contributed by atoms with Gasteiger partial charge < -0.3 is 4.74 Å². The number of nitrogens with zero attached hydrogens (tertiary/aromatic N) is 1. The van der Waals surface area contributed by atoms with E-state index in [1.54, 1.807) is 40.1 Å². The Balaban J connectivity index is 3.43. The van der Waals surface area contributed by atoms with Gasteiger partial charge in [-0.05, 0) is 37.1 Å². The molecule has 96 valence electrons. The molecule has 0 N–H and O–H groups in total. The van der Waals surface area contributed by atoms with Crippen molar-refractivity contribution in [2.24, 2.45) is 0 Å². The molecule has 0 aromatic heterocycles. The van der Waals surface area contributed by atoms with Crippen LogP contribution in [0.5, 0.6) is 5.75 Å². The topological polar surface area (TPSA) is 46.6 Å². The van der Waals surface area contributed by atoms with Crippen LogP contribution in [0, 0.1) is 13.8 Å².